The second-order valence-corrected chi connectivity index (χ2v) is 16.2. The minimum atomic E-state index is -4.77. The van der Waals surface area contributed by atoms with Crippen molar-refractivity contribution >= 4 is 19.8 Å². The zero-order chi connectivity index (χ0) is 41.8. The lowest BCUT2D eigenvalue weighted by Gasteiger charge is -2.18. The topological polar surface area (TPSA) is 119 Å². The van der Waals surface area contributed by atoms with Crippen LogP contribution < -0.4 is 0 Å². The maximum absolute atomic E-state index is 12.4. The normalized spacial score (nSPS) is 13.1. The van der Waals surface area contributed by atoms with Gasteiger partial charge in [0.2, 0.25) is 0 Å². The molecule has 1 atom stereocenters. The highest BCUT2D eigenvalue weighted by Crippen LogP contribution is 2.36. The lowest BCUT2D eigenvalue weighted by Crippen LogP contribution is -2.29. The van der Waals surface area contributed by atoms with Crippen molar-refractivity contribution in [2.75, 3.05) is 13.2 Å². The number of allylic oxidation sites excluding steroid dienone is 12. The molecule has 0 saturated heterocycles. The summed E-state index contributed by atoms with van der Waals surface area (Å²) in [6.45, 7) is 3.55. The van der Waals surface area contributed by atoms with Gasteiger partial charge in [-0.3, -0.25) is 14.1 Å². The van der Waals surface area contributed by atoms with Crippen molar-refractivity contribution in [1.82, 2.24) is 0 Å². The quantitative estimate of drug-likeness (QED) is 0.0271. The van der Waals surface area contributed by atoms with Crippen LogP contribution in [-0.4, -0.2) is 41.0 Å². The van der Waals surface area contributed by atoms with Gasteiger partial charge in [-0.05, 0) is 83.5 Å². The molecule has 0 aliphatic carbocycles. The lowest BCUT2D eigenvalue weighted by atomic mass is 10.1. The van der Waals surface area contributed by atoms with Gasteiger partial charge in [0.25, 0.3) is 0 Å². The monoisotopic (exact) mass is 819 g/mol. The van der Waals surface area contributed by atoms with Crippen LogP contribution >= 0.6 is 7.82 Å². The second-order valence-electron chi connectivity index (χ2n) is 15.0. The Morgan fingerprint density at radius 2 is 0.842 bits per heavy atom. The highest BCUT2D eigenvalue weighted by atomic mass is 31.2. The van der Waals surface area contributed by atoms with E-state index in [2.05, 4.69) is 91.3 Å². The molecule has 0 rings (SSSR count). The van der Waals surface area contributed by atoms with Crippen molar-refractivity contribution in [2.24, 2.45) is 0 Å². The number of carbonyl (C=O) groups is 2. The first-order valence-corrected chi connectivity index (χ1v) is 24.3. The van der Waals surface area contributed by atoms with Gasteiger partial charge < -0.3 is 19.3 Å². The van der Waals surface area contributed by atoms with Crippen molar-refractivity contribution < 1.29 is 37.9 Å². The van der Waals surface area contributed by atoms with E-state index in [1.54, 1.807) is 0 Å². The highest BCUT2D eigenvalue weighted by Gasteiger charge is 2.22. The molecule has 9 heteroatoms. The third-order valence-electron chi connectivity index (χ3n) is 9.46. The fourth-order valence-corrected chi connectivity index (χ4v) is 6.46. The van der Waals surface area contributed by atoms with Gasteiger partial charge in [-0.25, -0.2) is 4.57 Å². The molecule has 0 aromatic heterocycles. The van der Waals surface area contributed by atoms with Gasteiger partial charge in [0.15, 0.2) is 6.10 Å². The fraction of sp³-hybridized carbons (Fsp3) is 0.708. The molecule has 0 aliphatic heterocycles. The molecule has 0 heterocycles. The largest absolute Gasteiger partial charge is 0.469 e. The van der Waals surface area contributed by atoms with E-state index in [0.29, 0.717) is 12.8 Å². The van der Waals surface area contributed by atoms with Crippen LogP contribution in [-0.2, 0) is 28.2 Å². The standard InChI is InChI=1S/C48H83O8P/c1-3-5-7-9-11-13-15-17-19-21-23-24-25-27-29-31-33-35-37-39-41-43-48(50)56-46(45-55-57(51,52)53)44-54-47(49)42-40-38-36-34-32-30-28-26-22-20-18-16-14-12-10-8-6-4-2/h5,7,11,13-14,16-17,19-20,22-24,46H,3-4,6,8-10,12,15,18,21,25-45H2,1-2H3,(H2,51,52,53)/b7-5-,13-11-,16-14-,19-17-,22-20-,24-23-. The number of phosphoric ester groups is 1. The molecule has 57 heavy (non-hydrogen) atoms. The van der Waals surface area contributed by atoms with Gasteiger partial charge in [-0.15, -0.1) is 0 Å². The van der Waals surface area contributed by atoms with Crippen LogP contribution in [0.4, 0.5) is 0 Å². The Bertz CT molecular complexity index is 1150. The van der Waals surface area contributed by atoms with Crippen molar-refractivity contribution in [3.05, 3.63) is 72.9 Å². The van der Waals surface area contributed by atoms with Crippen LogP contribution in [0.5, 0.6) is 0 Å². The Kier molecular flexibility index (Phi) is 41.2. The molecular weight excluding hydrogens is 735 g/mol. The summed E-state index contributed by atoms with van der Waals surface area (Å²) in [5.41, 5.74) is 0. The number of hydrogen-bond donors (Lipinski definition) is 2. The first-order chi connectivity index (χ1) is 27.8. The van der Waals surface area contributed by atoms with Crippen LogP contribution in [0.1, 0.15) is 200 Å². The number of rotatable bonds is 41. The molecule has 0 fully saturated rings. The van der Waals surface area contributed by atoms with E-state index in [1.807, 2.05) is 0 Å². The summed E-state index contributed by atoms with van der Waals surface area (Å²) in [5, 5.41) is 0. The smallest absolute Gasteiger partial charge is 0.462 e. The number of esters is 2. The Hall–Kier alpha value is -2.51. The van der Waals surface area contributed by atoms with Crippen LogP contribution in [0.3, 0.4) is 0 Å². The molecule has 328 valence electrons. The van der Waals surface area contributed by atoms with Gasteiger partial charge in [0, 0.05) is 12.8 Å². The molecule has 8 nitrogen and oxygen atoms in total. The molecule has 0 aromatic rings. The van der Waals surface area contributed by atoms with Crippen molar-refractivity contribution in [3.63, 3.8) is 0 Å². The van der Waals surface area contributed by atoms with Crippen molar-refractivity contribution in [1.29, 1.82) is 0 Å². The summed E-state index contributed by atoms with van der Waals surface area (Å²) >= 11 is 0. The third kappa shape index (κ3) is 46.1. The Balaban J connectivity index is 3.92. The number of ether oxygens (including phenoxy) is 2. The zero-order valence-electron chi connectivity index (χ0n) is 36.2. The second kappa shape index (κ2) is 43.1. The van der Waals surface area contributed by atoms with Gasteiger partial charge in [0.1, 0.15) is 6.61 Å². The molecule has 0 bridgehead atoms. The summed E-state index contributed by atoms with van der Waals surface area (Å²) in [6, 6.07) is 0. The fourth-order valence-electron chi connectivity index (χ4n) is 6.10. The van der Waals surface area contributed by atoms with Crippen LogP contribution in [0.15, 0.2) is 72.9 Å². The zero-order valence-corrected chi connectivity index (χ0v) is 37.1. The summed E-state index contributed by atoms with van der Waals surface area (Å²) in [5.74, 6) is -0.905. The predicted molar refractivity (Wildman–Crippen MR) is 239 cm³/mol. The van der Waals surface area contributed by atoms with E-state index in [4.69, 9.17) is 19.3 Å². The summed E-state index contributed by atoms with van der Waals surface area (Å²) < 4.78 is 26.5. The van der Waals surface area contributed by atoms with Crippen molar-refractivity contribution in [2.45, 2.75) is 206 Å². The van der Waals surface area contributed by atoms with E-state index < -0.39 is 32.5 Å². The predicted octanol–water partition coefficient (Wildman–Crippen LogP) is 14.2. The summed E-state index contributed by atoms with van der Waals surface area (Å²) in [6.07, 6.45) is 56.2. The SMILES string of the molecule is CC/C=C\C/C=C\C/C=C\C/C=C\CCCCCCCCCCC(=O)OC(COC(=O)CCCCCCCCC/C=C\C/C=C\CCCCCC)COP(=O)(O)O. The summed E-state index contributed by atoms with van der Waals surface area (Å²) in [4.78, 5) is 43.0. The van der Waals surface area contributed by atoms with Crippen LogP contribution in [0.25, 0.3) is 0 Å². The maximum Gasteiger partial charge on any atom is 0.469 e. The van der Waals surface area contributed by atoms with E-state index in [-0.39, 0.29) is 19.4 Å². The van der Waals surface area contributed by atoms with Crippen LogP contribution in [0.2, 0.25) is 0 Å². The molecule has 0 spiro atoms. The maximum atomic E-state index is 12.4. The average molecular weight is 819 g/mol. The Labute approximate surface area is 349 Å². The molecule has 0 amide bonds. The number of phosphoric acid groups is 1. The molecule has 2 N–H and O–H groups in total. The first-order valence-electron chi connectivity index (χ1n) is 22.7. The number of unbranched alkanes of at least 4 members (excludes halogenated alkanes) is 19. The first kappa shape index (κ1) is 54.5. The molecule has 1 unspecified atom stereocenters. The molecular formula is C48H83O8P. The minimum Gasteiger partial charge on any atom is -0.462 e. The Morgan fingerprint density at radius 3 is 1.26 bits per heavy atom. The van der Waals surface area contributed by atoms with E-state index in [9.17, 15) is 14.2 Å². The molecule has 0 saturated carbocycles. The number of carbonyl (C=O) groups excluding carboxylic acids is 2. The van der Waals surface area contributed by atoms with Gasteiger partial charge in [0.05, 0.1) is 6.61 Å². The molecule has 0 aliphatic rings. The van der Waals surface area contributed by atoms with Crippen molar-refractivity contribution in [3.8, 4) is 0 Å². The third-order valence-corrected chi connectivity index (χ3v) is 9.94. The number of hydrogen-bond acceptors (Lipinski definition) is 6. The summed E-state index contributed by atoms with van der Waals surface area (Å²) in [7, 11) is -4.77. The minimum absolute atomic E-state index is 0.197. The average Bonchev–Trinajstić information content (AvgIpc) is 3.18. The van der Waals surface area contributed by atoms with Gasteiger partial charge >= 0.3 is 19.8 Å². The van der Waals surface area contributed by atoms with Gasteiger partial charge in [-0.2, -0.15) is 0 Å². The van der Waals surface area contributed by atoms with Crippen LogP contribution in [0, 0.1) is 0 Å². The molecule has 0 radical (unpaired) electrons. The lowest BCUT2D eigenvalue weighted by molar-refractivity contribution is -0.161. The van der Waals surface area contributed by atoms with E-state index >= 15 is 0 Å². The van der Waals surface area contributed by atoms with Gasteiger partial charge in [-0.1, -0.05) is 177 Å². The van der Waals surface area contributed by atoms with E-state index in [1.165, 1.54) is 77.0 Å². The van der Waals surface area contributed by atoms with E-state index in [0.717, 1.165) is 83.5 Å². The Morgan fingerprint density at radius 1 is 0.474 bits per heavy atom. The molecule has 0 aromatic carbocycles. The highest BCUT2D eigenvalue weighted by molar-refractivity contribution is 7.46.